The van der Waals surface area contributed by atoms with Gasteiger partial charge in [-0.15, -0.1) is 0 Å². The Morgan fingerprint density at radius 2 is 2.03 bits per heavy atom. The van der Waals surface area contributed by atoms with Gasteiger partial charge in [0.1, 0.15) is 11.2 Å². The molecule has 2 aliphatic heterocycles. The molecule has 33 heavy (non-hydrogen) atoms. The molecule has 0 saturated carbocycles. The number of aromatic nitrogens is 6. The summed E-state index contributed by atoms with van der Waals surface area (Å²) in [7, 11) is 1.90. The molecule has 2 saturated heterocycles. The Labute approximate surface area is 191 Å². The fourth-order valence-electron chi connectivity index (χ4n) is 5.32. The van der Waals surface area contributed by atoms with E-state index in [1.54, 1.807) is 15.6 Å². The average molecular weight is 449 g/mol. The highest BCUT2D eigenvalue weighted by atomic mass is 16.5. The van der Waals surface area contributed by atoms with Crippen LogP contribution in [-0.4, -0.2) is 66.5 Å². The molecular weight excluding hydrogens is 420 g/mol. The van der Waals surface area contributed by atoms with E-state index in [1.165, 1.54) is 0 Å². The molecule has 1 aromatic carbocycles. The zero-order chi connectivity index (χ0) is 22.7. The maximum absolute atomic E-state index is 10.1. The quantitative estimate of drug-likeness (QED) is 0.484. The third kappa shape index (κ3) is 3.20. The summed E-state index contributed by atoms with van der Waals surface area (Å²) in [5.41, 5.74) is 10.1. The van der Waals surface area contributed by atoms with E-state index in [-0.39, 0.29) is 24.2 Å². The third-order valence-electron chi connectivity index (χ3n) is 7.36. The van der Waals surface area contributed by atoms with Crippen LogP contribution in [0.4, 0.5) is 5.82 Å². The molecule has 4 aromatic rings. The van der Waals surface area contributed by atoms with E-state index >= 15 is 0 Å². The van der Waals surface area contributed by atoms with Crippen LogP contribution in [0.3, 0.4) is 0 Å². The average Bonchev–Trinajstić information content (AvgIpc) is 3.49. The van der Waals surface area contributed by atoms with Crippen molar-refractivity contribution in [2.75, 3.05) is 24.6 Å². The van der Waals surface area contributed by atoms with Crippen molar-refractivity contribution in [1.82, 2.24) is 29.5 Å². The van der Waals surface area contributed by atoms with Gasteiger partial charge in [0.05, 0.1) is 36.7 Å². The van der Waals surface area contributed by atoms with Crippen molar-refractivity contribution in [1.29, 1.82) is 0 Å². The number of ether oxygens (including phenoxy) is 1. The van der Waals surface area contributed by atoms with Crippen LogP contribution in [-0.2, 0) is 18.4 Å². The van der Waals surface area contributed by atoms with Crippen LogP contribution in [0.15, 0.2) is 30.6 Å². The number of fused-ring (bicyclic) bond motifs is 2. The maximum Gasteiger partial charge on any atom is 0.182 e. The van der Waals surface area contributed by atoms with Gasteiger partial charge in [-0.25, -0.2) is 14.6 Å². The molecule has 10 heteroatoms. The van der Waals surface area contributed by atoms with Gasteiger partial charge in [-0.05, 0) is 38.0 Å². The summed E-state index contributed by atoms with van der Waals surface area (Å²) in [6.07, 6.45) is 5.67. The normalized spacial score (nSPS) is 22.7. The van der Waals surface area contributed by atoms with E-state index in [1.807, 2.05) is 31.4 Å². The van der Waals surface area contributed by atoms with Gasteiger partial charge < -0.3 is 20.5 Å². The molecule has 10 nitrogen and oxygen atoms in total. The molecule has 6 rings (SSSR count). The molecule has 0 unspecified atom stereocenters. The topological polar surface area (TPSA) is 120 Å². The van der Waals surface area contributed by atoms with Gasteiger partial charge in [0.15, 0.2) is 11.5 Å². The molecule has 2 aliphatic rings. The van der Waals surface area contributed by atoms with Gasteiger partial charge in [-0.1, -0.05) is 0 Å². The van der Waals surface area contributed by atoms with Crippen molar-refractivity contribution < 1.29 is 9.84 Å². The number of aliphatic hydroxyl groups is 1. The summed E-state index contributed by atoms with van der Waals surface area (Å²) in [5, 5.41) is 20.2. The van der Waals surface area contributed by atoms with Crippen molar-refractivity contribution in [2.45, 2.75) is 38.5 Å². The number of aliphatic hydroxyl groups excluding tert-OH is 1. The predicted molar refractivity (Wildman–Crippen MR) is 124 cm³/mol. The second-order valence-electron chi connectivity index (χ2n) is 9.35. The molecule has 0 amide bonds. The van der Waals surface area contributed by atoms with Gasteiger partial charge >= 0.3 is 0 Å². The Balaban J connectivity index is 1.33. The highest BCUT2D eigenvalue weighted by Crippen LogP contribution is 2.42. The van der Waals surface area contributed by atoms with Crippen molar-refractivity contribution in [3.8, 4) is 5.69 Å². The first-order chi connectivity index (χ1) is 16.0. The third-order valence-corrected chi connectivity index (χ3v) is 7.36. The SMILES string of the molecule is C[C@@H]1OCC2(CCN(c3nc4cnn(-c5ccc6cn(C)nc6c5)c4nc3CO)CC2)[C@@H]1N. The first-order valence-corrected chi connectivity index (χ1v) is 11.4. The molecule has 0 radical (unpaired) electrons. The van der Waals surface area contributed by atoms with Crippen molar-refractivity contribution in [3.05, 3.63) is 36.3 Å². The van der Waals surface area contributed by atoms with Gasteiger partial charge in [-0.3, -0.25) is 4.68 Å². The lowest BCUT2D eigenvalue weighted by atomic mass is 9.73. The van der Waals surface area contributed by atoms with Crippen molar-refractivity contribution >= 4 is 27.9 Å². The highest BCUT2D eigenvalue weighted by Gasteiger charge is 2.47. The molecular formula is C23H28N8O2. The molecule has 2 atom stereocenters. The minimum Gasteiger partial charge on any atom is -0.390 e. The van der Waals surface area contributed by atoms with Crippen LogP contribution >= 0.6 is 0 Å². The van der Waals surface area contributed by atoms with E-state index < -0.39 is 0 Å². The summed E-state index contributed by atoms with van der Waals surface area (Å²) in [5.74, 6) is 0.722. The van der Waals surface area contributed by atoms with Crippen LogP contribution in [0.5, 0.6) is 0 Å². The smallest absolute Gasteiger partial charge is 0.182 e. The Morgan fingerprint density at radius 1 is 1.21 bits per heavy atom. The van der Waals surface area contributed by atoms with Crippen molar-refractivity contribution in [2.24, 2.45) is 18.2 Å². The number of aryl methyl sites for hydroxylation is 1. The van der Waals surface area contributed by atoms with Gasteiger partial charge in [0.2, 0.25) is 0 Å². The first kappa shape index (κ1) is 20.5. The number of rotatable bonds is 3. The largest absolute Gasteiger partial charge is 0.390 e. The van der Waals surface area contributed by atoms with Crippen LogP contribution in [0.2, 0.25) is 0 Å². The lowest BCUT2D eigenvalue weighted by Gasteiger charge is -2.41. The molecule has 0 aliphatic carbocycles. The number of hydrogen-bond donors (Lipinski definition) is 2. The number of benzene rings is 1. The Hall–Kier alpha value is -3.08. The summed E-state index contributed by atoms with van der Waals surface area (Å²) in [6.45, 7) is 4.19. The van der Waals surface area contributed by atoms with Gasteiger partial charge in [0.25, 0.3) is 0 Å². The Morgan fingerprint density at radius 3 is 2.76 bits per heavy atom. The zero-order valence-corrected chi connectivity index (χ0v) is 18.8. The number of hydrogen-bond acceptors (Lipinski definition) is 8. The number of piperidine rings is 1. The summed E-state index contributed by atoms with van der Waals surface area (Å²) in [6, 6.07) is 6.04. The van der Waals surface area contributed by atoms with Crippen LogP contribution < -0.4 is 10.6 Å². The zero-order valence-electron chi connectivity index (χ0n) is 18.8. The lowest BCUT2D eigenvalue weighted by molar-refractivity contribution is 0.0973. The predicted octanol–water partition coefficient (Wildman–Crippen LogP) is 1.53. The monoisotopic (exact) mass is 448 g/mol. The Bertz CT molecular complexity index is 1340. The molecule has 0 bridgehead atoms. The number of nitrogens with two attached hydrogens (primary N) is 1. The molecule has 172 valence electrons. The number of nitrogens with zero attached hydrogens (tertiary/aromatic N) is 7. The molecule has 3 aromatic heterocycles. The van der Waals surface area contributed by atoms with E-state index in [2.05, 4.69) is 22.0 Å². The minimum absolute atomic E-state index is 0.0296. The maximum atomic E-state index is 10.1. The van der Waals surface area contributed by atoms with Gasteiger partial charge in [-0.2, -0.15) is 10.2 Å². The van der Waals surface area contributed by atoms with Crippen LogP contribution in [0.1, 0.15) is 25.5 Å². The molecule has 2 fully saturated rings. The minimum atomic E-state index is -0.190. The Kier molecular flexibility index (Phi) is 4.65. The van der Waals surface area contributed by atoms with E-state index in [0.29, 0.717) is 23.5 Å². The van der Waals surface area contributed by atoms with E-state index in [4.69, 9.17) is 20.4 Å². The van der Waals surface area contributed by atoms with E-state index in [0.717, 1.165) is 48.3 Å². The molecule has 5 heterocycles. The fraction of sp³-hybridized carbons (Fsp3) is 0.478. The molecule has 1 spiro atoms. The second-order valence-corrected chi connectivity index (χ2v) is 9.35. The second kappa shape index (κ2) is 7.47. The lowest BCUT2D eigenvalue weighted by Crippen LogP contribution is -2.51. The highest BCUT2D eigenvalue weighted by molar-refractivity contribution is 5.82. The van der Waals surface area contributed by atoms with Crippen LogP contribution in [0.25, 0.3) is 27.8 Å². The fourth-order valence-corrected chi connectivity index (χ4v) is 5.32. The van der Waals surface area contributed by atoms with Crippen molar-refractivity contribution in [3.63, 3.8) is 0 Å². The van der Waals surface area contributed by atoms with Crippen LogP contribution in [0, 0.1) is 5.41 Å². The summed E-state index contributed by atoms with van der Waals surface area (Å²) >= 11 is 0. The molecule has 3 N–H and O–H groups in total. The van der Waals surface area contributed by atoms with E-state index in [9.17, 15) is 5.11 Å². The first-order valence-electron chi connectivity index (χ1n) is 11.4. The summed E-state index contributed by atoms with van der Waals surface area (Å²) < 4.78 is 9.39. The standard InChI is InChI=1S/C23H28N8O2/c1-14-20(24)23(13-33-14)5-7-30(8-6-23)21-19(12-32)27-22-18(26-21)10-25-31(22)16-4-3-15-11-29(2)28-17(15)9-16/h3-4,9-11,14,20,32H,5-8,12-13,24H2,1-2H3/t14-,20+/m0/s1. The number of anilines is 1. The van der Waals surface area contributed by atoms with Gasteiger partial charge in [0, 0.05) is 43.2 Å². The summed E-state index contributed by atoms with van der Waals surface area (Å²) in [4.78, 5) is 11.9.